The lowest BCUT2D eigenvalue weighted by Crippen LogP contribution is -1.99. The largest absolute Gasteiger partial charge is 0.494 e. The van der Waals surface area contributed by atoms with Crippen LogP contribution >= 0.6 is 11.8 Å². The summed E-state index contributed by atoms with van der Waals surface area (Å²) in [6.07, 6.45) is 0.0732. The third-order valence-corrected chi connectivity index (χ3v) is 3.97. The normalized spacial score (nSPS) is 10.3. The fourth-order valence-electron chi connectivity index (χ4n) is 1.92. The van der Waals surface area contributed by atoms with Gasteiger partial charge in [0.25, 0.3) is 0 Å². The van der Waals surface area contributed by atoms with Gasteiger partial charge in [-0.3, -0.25) is 4.79 Å². The number of thioether (sulfide) groups is 1. The average molecular weight is 302 g/mol. The standard InChI is InChI=1S/C17H18O3S/c1-2-20-15-4-3-5-16(11-15)21-12-14-8-6-13(7-9-14)10-17(18)19/h3-9,11H,2,10,12H2,1H3,(H,18,19). The molecular formula is C17H18O3S. The van der Waals surface area contributed by atoms with Crippen molar-refractivity contribution >= 4 is 17.7 Å². The second kappa shape index (κ2) is 7.74. The van der Waals surface area contributed by atoms with Gasteiger partial charge in [-0.25, -0.2) is 0 Å². The molecule has 0 saturated carbocycles. The molecule has 110 valence electrons. The molecule has 1 N–H and O–H groups in total. The van der Waals surface area contributed by atoms with Gasteiger partial charge in [0, 0.05) is 10.6 Å². The summed E-state index contributed by atoms with van der Waals surface area (Å²) in [4.78, 5) is 11.8. The number of ether oxygens (including phenoxy) is 1. The van der Waals surface area contributed by atoms with Crippen molar-refractivity contribution in [2.24, 2.45) is 0 Å². The maximum Gasteiger partial charge on any atom is 0.307 e. The van der Waals surface area contributed by atoms with Gasteiger partial charge in [-0.15, -0.1) is 11.8 Å². The minimum Gasteiger partial charge on any atom is -0.494 e. The van der Waals surface area contributed by atoms with Crippen LogP contribution in [-0.4, -0.2) is 17.7 Å². The molecule has 0 bridgehead atoms. The van der Waals surface area contributed by atoms with Gasteiger partial charge in [-0.2, -0.15) is 0 Å². The van der Waals surface area contributed by atoms with Gasteiger partial charge < -0.3 is 9.84 Å². The summed E-state index contributed by atoms with van der Waals surface area (Å²) < 4.78 is 5.48. The number of carboxylic acids is 1. The Bertz CT molecular complexity index is 593. The third kappa shape index (κ3) is 5.16. The summed E-state index contributed by atoms with van der Waals surface area (Å²) in [5, 5.41) is 8.74. The van der Waals surface area contributed by atoms with Gasteiger partial charge in [-0.05, 0) is 36.2 Å². The van der Waals surface area contributed by atoms with Gasteiger partial charge in [-0.1, -0.05) is 30.3 Å². The van der Waals surface area contributed by atoms with Crippen molar-refractivity contribution in [3.05, 3.63) is 59.7 Å². The number of hydrogen-bond acceptors (Lipinski definition) is 3. The SMILES string of the molecule is CCOc1cccc(SCc2ccc(CC(=O)O)cc2)c1. The van der Waals surface area contributed by atoms with Crippen LogP contribution in [0.1, 0.15) is 18.1 Å². The van der Waals surface area contributed by atoms with Gasteiger partial charge >= 0.3 is 5.97 Å². The first-order valence-corrected chi connectivity index (χ1v) is 7.81. The van der Waals surface area contributed by atoms with E-state index in [2.05, 4.69) is 6.07 Å². The summed E-state index contributed by atoms with van der Waals surface area (Å²) in [7, 11) is 0. The van der Waals surface area contributed by atoms with Crippen molar-refractivity contribution in [2.75, 3.05) is 6.61 Å². The highest BCUT2D eigenvalue weighted by Crippen LogP contribution is 2.26. The van der Waals surface area contributed by atoms with Gasteiger partial charge in [0.2, 0.25) is 0 Å². The number of carbonyl (C=O) groups is 1. The Labute approximate surface area is 129 Å². The number of rotatable bonds is 7. The van der Waals surface area contributed by atoms with Gasteiger partial charge in [0.15, 0.2) is 0 Å². The summed E-state index contributed by atoms with van der Waals surface area (Å²) in [6.45, 7) is 2.64. The molecule has 0 unspecified atom stereocenters. The molecule has 0 heterocycles. The van der Waals surface area contributed by atoms with E-state index in [0.29, 0.717) is 6.61 Å². The summed E-state index contributed by atoms with van der Waals surface area (Å²) in [6, 6.07) is 15.8. The van der Waals surface area contributed by atoms with Crippen LogP contribution in [0.2, 0.25) is 0 Å². The van der Waals surface area contributed by atoms with Crippen molar-refractivity contribution in [1.29, 1.82) is 0 Å². The topological polar surface area (TPSA) is 46.5 Å². The number of hydrogen-bond donors (Lipinski definition) is 1. The molecule has 3 nitrogen and oxygen atoms in total. The van der Waals surface area contributed by atoms with E-state index in [1.165, 1.54) is 5.56 Å². The van der Waals surface area contributed by atoms with Crippen LogP contribution in [0.25, 0.3) is 0 Å². The Kier molecular flexibility index (Phi) is 5.69. The van der Waals surface area contributed by atoms with Crippen molar-refractivity contribution in [1.82, 2.24) is 0 Å². The van der Waals surface area contributed by atoms with Crippen LogP contribution in [0.4, 0.5) is 0 Å². The maximum absolute atomic E-state index is 10.6. The molecule has 0 saturated heterocycles. The second-order valence-corrected chi connectivity index (χ2v) is 5.63. The average Bonchev–Trinajstić information content (AvgIpc) is 2.47. The molecule has 0 aliphatic rings. The van der Waals surface area contributed by atoms with Crippen molar-refractivity contribution in [3.63, 3.8) is 0 Å². The summed E-state index contributed by atoms with van der Waals surface area (Å²) in [5.74, 6) is 0.937. The van der Waals surface area contributed by atoms with E-state index in [1.54, 1.807) is 11.8 Å². The molecule has 0 aliphatic heterocycles. The van der Waals surface area contributed by atoms with E-state index in [0.717, 1.165) is 22.0 Å². The van der Waals surface area contributed by atoms with Gasteiger partial charge in [0.1, 0.15) is 5.75 Å². The smallest absolute Gasteiger partial charge is 0.307 e. The fourth-order valence-corrected chi connectivity index (χ4v) is 2.82. The van der Waals surface area contributed by atoms with Crippen LogP contribution in [0.5, 0.6) is 5.75 Å². The Morgan fingerprint density at radius 3 is 2.52 bits per heavy atom. The van der Waals surface area contributed by atoms with Crippen LogP contribution in [0.3, 0.4) is 0 Å². The lowest BCUT2D eigenvalue weighted by atomic mass is 10.1. The van der Waals surface area contributed by atoms with E-state index in [1.807, 2.05) is 49.4 Å². The minimum atomic E-state index is -0.801. The molecule has 21 heavy (non-hydrogen) atoms. The minimum absolute atomic E-state index is 0.0732. The fraction of sp³-hybridized carbons (Fsp3) is 0.235. The zero-order valence-electron chi connectivity index (χ0n) is 11.9. The predicted octanol–water partition coefficient (Wildman–Crippen LogP) is 4.00. The molecule has 4 heteroatoms. The Hall–Kier alpha value is -1.94. The molecule has 0 radical (unpaired) electrons. The van der Waals surface area contributed by atoms with E-state index in [9.17, 15) is 4.79 Å². The number of carboxylic acid groups (broad SMARTS) is 1. The van der Waals surface area contributed by atoms with Crippen LogP contribution in [0, 0.1) is 0 Å². The van der Waals surface area contributed by atoms with Crippen molar-refractivity contribution in [2.45, 2.75) is 24.0 Å². The first-order chi connectivity index (χ1) is 10.2. The lowest BCUT2D eigenvalue weighted by molar-refractivity contribution is -0.136. The maximum atomic E-state index is 10.6. The zero-order chi connectivity index (χ0) is 15.1. The summed E-state index contributed by atoms with van der Waals surface area (Å²) >= 11 is 1.74. The van der Waals surface area contributed by atoms with Crippen LogP contribution in [-0.2, 0) is 17.0 Å². The molecule has 2 rings (SSSR count). The Morgan fingerprint density at radius 2 is 1.86 bits per heavy atom. The summed E-state index contributed by atoms with van der Waals surface area (Å²) in [5.41, 5.74) is 2.01. The lowest BCUT2D eigenvalue weighted by Gasteiger charge is -2.06. The van der Waals surface area contributed by atoms with E-state index in [-0.39, 0.29) is 6.42 Å². The van der Waals surface area contributed by atoms with Gasteiger partial charge in [0.05, 0.1) is 13.0 Å². The molecule has 2 aromatic rings. The predicted molar refractivity (Wildman–Crippen MR) is 85.0 cm³/mol. The highest BCUT2D eigenvalue weighted by atomic mass is 32.2. The molecule has 0 aliphatic carbocycles. The number of aliphatic carboxylic acids is 1. The Balaban J connectivity index is 1.93. The first-order valence-electron chi connectivity index (χ1n) is 6.82. The molecule has 0 amide bonds. The van der Waals surface area contributed by atoms with Crippen molar-refractivity contribution in [3.8, 4) is 5.75 Å². The zero-order valence-corrected chi connectivity index (χ0v) is 12.7. The van der Waals surface area contributed by atoms with E-state index in [4.69, 9.17) is 9.84 Å². The molecule has 2 aromatic carbocycles. The van der Waals surface area contributed by atoms with Crippen molar-refractivity contribution < 1.29 is 14.6 Å². The molecule has 0 spiro atoms. The molecule has 0 aromatic heterocycles. The van der Waals surface area contributed by atoms with Crippen LogP contribution < -0.4 is 4.74 Å². The third-order valence-electron chi connectivity index (χ3n) is 2.90. The quantitative estimate of drug-likeness (QED) is 0.785. The van der Waals surface area contributed by atoms with Crippen LogP contribution in [0.15, 0.2) is 53.4 Å². The monoisotopic (exact) mass is 302 g/mol. The van der Waals surface area contributed by atoms with E-state index < -0.39 is 5.97 Å². The number of benzene rings is 2. The highest BCUT2D eigenvalue weighted by Gasteiger charge is 2.02. The molecule has 0 atom stereocenters. The molecule has 0 fully saturated rings. The van der Waals surface area contributed by atoms with E-state index >= 15 is 0 Å². The Morgan fingerprint density at radius 1 is 1.14 bits per heavy atom. The second-order valence-electron chi connectivity index (χ2n) is 4.58. The first kappa shape index (κ1) is 15.4. The molecular weight excluding hydrogens is 284 g/mol. The highest BCUT2D eigenvalue weighted by molar-refractivity contribution is 7.98.